The Balaban J connectivity index is 2.01. The second-order valence-electron chi connectivity index (χ2n) is 2.75. The van der Waals surface area contributed by atoms with Gasteiger partial charge in [0.15, 0.2) is 0 Å². The summed E-state index contributed by atoms with van der Waals surface area (Å²) in [5.41, 5.74) is 4.94. The maximum absolute atomic E-state index is 10.3. The Morgan fingerprint density at radius 1 is 1.50 bits per heavy atom. The molecule has 0 atom stereocenters. The van der Waals surface area contributed by atoms with Gasteiger partial charge in [0.1, 0.15) is 0 Å². The Morgan fingerprint density at radius 3 is 2.75 bits per heavy atom. The molecule has 4 nitrogen and oxygen atoms in total. The normalized spacial score (nSPS) is 19.0. The molecule has 0 radical (unpaired) electrons. The van der Waals surface area contributed by atoms with Crippen LogP contribution in [0.1, 0.15) is 0 Å². The Morgan fingerprint density at radius 2 is 2.17 bits per heavy atom. The number of rotatable bonds is 3. The van der Waals surface area contributed by atoms with Crippen LogP contribution in [0, 0.1) is 0 Å². The molecule has 5 heteroatoms. The number of urea groups is 1. The third-order valence-electron chi connectivity index (χ3n) is 1.83. The van der Waals surface area contributed by atoms with Crippen LogP contribution in [-0.2, 0) is 0 Å². The van der Waals surface area contributed by atoms with Gasteiger partial charge in [-0.1, -0.05) is 0 Å². The minimum absolute atomic E-state index is 0.429. The van der Waals surface area contributed by atoms with Crippen LogP contribution in [0.25, 0.3) is 0 Å². The molecule has 0 bridgehead atoms. The summed E-state index contributed by atoms with van der Waals surface area (Å²) in [6, 6.07) is -0.429. The zero-order valence-electron chi connectivity index (χ0n) is 7.08. The summed E-state index contributed by atoms with van der Waals surface area (Å²) >= 11 is 1.98. The summed E-state index contributed by atoms with van der Waals surface area (Å²) in [4.78, 5) is 12.7. The fourth-order valence-electron chi connectivity index (χ4n) is 1.16. The van der Waals surface area contributed by atoms with Gasteiger partial charge in [-0.05, 0) is 0 Å². The van der Waals surface area contributed by atoms with Crippen LogP contribution in [0.15, 0.2) is 0 Å². The lowest BCUT2D eigenvalue weighted by Gasteiger charge is -2.25. The van der Waals surface area contributed by atoms with Gasteiger partial charge in [-0.25, -0.2) is 4.79 Å². The van der Waals surface area contributed by atoms with Crippen LogP contribution in [0.2, 0.25) is 0 Å². The van der Waals surface area contributed by atoms with Gasteiger partial charge in [-0.2, -0.15) is 11.8 Å². The van der Waals surface area contributed by atoms with Crippen molar-refractivity contribution in [2.45, 2.75) is 0 Å². The zero-order valence-corrected chi connectivity index (χ0v) is 7.90. The molecule has 1 aliphatic heterocycles. The number of hydrogen-bond donors (Lipinski definition) is 2. The third kappa shape index (κ3) is 3.82. The highest BCUT2D eigenvalue weighted by Gasteiger charge is 2.09. The molecule has 0 aromatic heterocycles. The van der Waals surface area contributed by atoms with E-state index in [2.05, 4.69) is 10.2 Å². The van der Waals surface area contributed by atoms with Crippen LogP contribution in [0.4, 0.5) is 4.79 Å². The van der Waals surface area contributed by atoms with E-state index in [0.29, 0.717) is 6.54 Å². The molecule has 1 saturated heterocycles. The fraction of sp³-hybridized carbons (Fsp3) is 0.857. The molecule has 1 heterocycles. The minimum Gasteiger partial charge on any atom is -0.352 e. The van der Waals surface area contributed by atoms with Gasteiger partial charge in [-0.15, -0.1) is 0 Å². The van der Waals surface area contributed by atoms with Crippen molar-refractivity contribution in [1.29, 1.82) is 0 Å². The smallest absolute Gasteiger partial charge is 0.312 e. The molecule has 0 aliphatic carbocycles. The molecule has 0 saturated carbocycles. The highest BCUT2D eigenvalue weighted by molar-refractivity contribution is 7.99. The van der Waals surface area contributed by atoms with Gasteiger partial charge in [0.05, 0.1) is 0 Å². The molecule has 0 spiro atoms. The highest BCUT2D eigenvalue weighted by Crippen LogP contribution is 2.07. The molecule has 0 aromatic rings. The summed E-state index contributed by atoms with van der Waals surface area (Å²) in [5, 5.41) is 2.58. The van der Waals surface area contributed by atoms with Crippen LogP contribution >= 0.6 is 11.8 Å². The monoisotopic (exact) mass is 189 g/mol. The first-order valence-corrected chi connectivity index (χ1v) is 5.28. The molecule has 0 unspecified atom stereocenters. The van der Waals surface area contributed by atoms with E-state index < -0.39 is 6.03 Å². The standard InChI is InChI=1S/C7H15N3OS/c8-7(11)9-1-2-10-3-5-12-6-4-10/h1-6H2,(H3,8,9,11). The summed E-state index contributed by atoms with van der Waals surface area (Å²) in [6.45, 7) is 3.85. The van der Waals surface area contributed by atoms with E-state index in [1.54, 1.807) is 0 Å². The highest BCUT2D eigenvalue weighted by atomic mass is 32.2. The summed E-state index contributed by atoms with van der Waals surface area (Å²) in [7, 11) is 0. The predicted octanol–water partition coefficient (Wildman–Crippen LogP) is -0.296. The van der Waals surface area contributed by atoms with E-state index >= 15 is 0 Å². The summed E-state index contributed by atoms with van der Waals surface area (Å²) in [6.07, 6.45) is 0. The van der Waals surface area contributed by atoms with Crippen molar-refractivity contribution in [2.24, 2.45) is 5.73 Å². The average molecular weight is 189 g/mol. The first-order chi connectivity index (χ1) is 5.79. The van der Waals surface area contributed by atoms with Crippen molar-refractivity contribution in [2.75, 3.05) is 37.7 Å². The number of carbonyl (C=O) groups is 1. The van der Waals surface area contributed by atoms with E-state index in [9.17, 15) is 4.79 Å². The SMILES string of the molecule is NC(=O)NCCN1CCSCC1. The maximum atomic E-state index is 10.3. The first kappa shape index (κ1) is 9.67. The number of carbonyl (C=O) groups excluding carboxylic acids is 1. The van der Waals surface area contributed by atoms with Gasteiger partial charge in [-0.3, -0.25) is 4.90 Å². The van der Waals surface area contributed by atoms with Crippen LogP contribution < -0.4 is 11.1 Å². The van der Waals surface area contributed by atoms with Crippen molar-refractivity contribution >= 4 is 17.8 Å². The van der Waals surface area contributed by atoms with Gasteiger partial charge in [0.2, 0.25) is 0 Å². The Hall–Kier alpha value is -0.420. The topological polar surface area (TPSA) is 58.4 Å². The average Bonchev–Trinajstić information content (AvgIpc) is 2.05. The number of nitrogens with one attached hydrogen (secondary N) is 1. The molecule has 0 aromatic carbocycles. The number of nitrogens with zero attached hydrogens (tertiary/aromatic N) is 1. The summed E-state index contributed by atoms with van der Waals surface area (Å²) in [5.74, 6) is 2.41. The Kier molecular flexibility index (Phi) is 4.24. The first-order valence-electron chi connectivity index (χ1n) is 4.12. The molecule has 70 valence electrons. The van der Waals surface area contributed by atoms with Crippen molar-refractivity contribution in [1.82, 2.24) is 10.2 Å². The second kappa shape index (κ2) is 5.27. The van der Waals surface area contributed by atoms with Crippen LogP contribution in [0.5, 0.6) is 0 Å². The number of nitrogens with two attached hydrogens (primary N) is 1. The fourth-order valence-corrected chi connectivity index (χ4v) is 2.14. The number of thioether (sulfide) groups is 1. The molecular formula is C7H15N3OS. The van der Waals surface area contributed by atoms with Crippen LogP contribution in [-0.4, -0.2) is 48.6 Å². The number of amides is 2. The molecule has 3 N–H and O–H groups in total. The Bertz CT molecular complexity index is 148. The van der Waals surface area contributed by atoms with Crippen molar-refractivity contribution in [3.05, 3.63) is 0 Å². The van der Waals surface area contributed by atoms with Gasteiger partial charge < -0.3 is 11.1 Å². The molecule has 12 heavy (non-hydrogen) atoms. The van der Waals surface area contributed by atoms with E-state index in [-0.39, 0.29) is 0 Å². The molecule has 1 fully saturated rings. The minimum atomic E-state index is -0.429. The predicted molar refractivity (Wildman–Crippen MR) is 51.4 cm³/mol. The van der Waals surface area contributed by atoms with Crippen molar-refractivity contribution in [3.63, 3.8) is 0 Å². The van der Waals surface area contributed by atoms with Gasteiger partial charge >= 0.3 is 6.03 Å². The largest absolute Gasteiger partial charge is 0.352 e. The summed E-state index contributed by atoms with van der Waals surface area (Å²) < 4.78 is 0. The van der Waals surface area contributed by atoms with Gasteiger partial charge in [0.25, 0.3) is 0 Å². The molecule has 1 aliphatic rings. The molecule has 2 amide bonds. The van der Waals surface area contributed by atoms with E-state index in [0.717, 1.165) is 19.6 Å². The lowest BCUT2D eigenvalue weighted by Crippen LogP contribution is -2.40. The quantitative estimate of drug-likeness (QED) is 0.641. The zero-order chi connectivity index (χ0) is 8.81. The lowest BCUT2D eigenvalue weighted by molar-refractivity contribution is 0.244. The lowest BCUT2D eigenvalue weighted by atomic mass is 10.4. The molecular weight excluding hydrogens is 174 g/mol. The molecule has 1 rings (SSSR count). The maximum Gasteiger partial charge on any atom is 0.312 e. The van der Waals surface area contributed by atoms with Crippen LogP contribution in [0.3, 0.4) is 0 Å². The van der Waals surface area contributed by atoms with E-state index in [4.69, 9.17) is 5.73 Å². The van der Waals surface area contributed by atoms with Crippen molar-refractivity contribution < 1.29 is 4.79 Å². The van der Waals surface area contributed by atoms with Gasteiger partial charge in [0, 0.05) is 37.7 Å². The van der Waals surface area contributed by atoms with Crippen molar-refractivity contribution in [3.8, 4) is 0 Å². The number of hydrogen-bond acceptors (Lipinski definition) is 3. The van der Waals surface area contributed by atoms with E-state index in [1.165, 1.54) is 11.5 Å². The second-order valence-corrected chi connectivity index (χ2v) is 3.97. The third-order valence-corrected chi connectivity index (χ3v) is 2.77. The number of primary amides is 1. The Labute approximate surface area is 76.9 Å². The van der Waals surface area contributed by atoms with E-state index in [1.807, 2.05) is 11.8 Å².